The van der Waals surface area contributed by atoms with Crippen LogP contribution in [0.2, 0.25) is 5.02 Å². The van der Waals surface area contributed by atoms with E-state index in [0.717, 1.165) is 6.42 Å². The van der Waals surface area contributed by atoms with Gasteiger partial charge >= 0.3 is 0 Å². The van der Waals surface area contributed by atoms with E-state index in [2.05, 4.69) is 6.92 Å². The lowest BCUT2D eigenvalue weighted by Gasteiger charge is -2.35. The van der Waals surface area contributed by atoms with Gasteiger partial charge in [-0.1, -0.05) is 18.5 Å². The molecular formula is C13H17ClN2O2. The van der Waals surface area contributed by atoms with E-state index in [1.165, 1.54) is 18.2 Å². The molecule has 1 amide bonds. The molecule has 1 saturated heterocycles. The molecule has 0 radical (unpaired) electrons. The van der Waals surface area contributed by atoms with Gasteiger partial charge in [0.2, 0.25) is 0 Å². The molecule has 2 rings (SSSR count). The van der Waals surface area contributed by atoms with E-state index >= 15 is 0 Å². The fraction of sp³-hybridized carbons (Fsp3) is 0.462. The summed E-state index contributed by atoms with van der Waals surface area (Å²) in [5.41, 5.74) is 6.31. The Bertz CT molecular complexity index is 464. The van der Waals surface area contributed by atoms with Gasteiger partial charge in [-0.2, -0.15) is 0 Å². The number of phenolic OH excluding ortho intramolecular Hbond substituents is 1. The van der Waals surface area contributed by atoms with E-state index in [1.54, 1.807) is 4.90 Å². The van der Waals surface area contributed by atoms with Crippen LogP contribution in [0.25, 0.3) is 0 Å². The summed E-state index contributed by atoms with van der Waals surface area (Å²) in [6.45, 7) is 3.31. The van der Waals surface area contributed by atoms with Crippen molar-refractivity contribution in [3.63, 3.8) is 0 Å². The lowest BCUT2D eigenvalue weighted by molar-refractivity contribution is 0.0672. The van der Waals surface area contributed by atoms with E-state index in [9.17, 15) is 9.90 Å². The third-order valence-corrected chi connectivity index (χ3v) is 3.81. The number of amides is 1. The Labute approximate surface area is 111 Å². The van der Waals surface area contributed by atoms with Crippen molar-refractivity contribution in [2.24, 2.45) is 11.7 Å². The molecule has 0 saturated carbocycles. The summed E-state index contributed by atoms with van der Waals surface area (Å²) in [5, 5.41) is 9.78. The monoisotopic (exact) mass is 268 g/mol. The van der Waals surface area contributed by atoms with Crippen LogP contribution in [0.5, 0.6) is 5.75 Å². The number of aromatic hydroxyl groups is 1. The minimum Gasteiger partial charge on any atom is -0.508 e. The maximum absolute atomic E-state index is 12.3. The molecule has 0 bridgehead atoms. The lowest BCUT2D eigenvalue weighted by atomic mass is 9.94. The van der Waals surface area contributed by atoms with Crippen LogP contribution in [0.1, 0.15) is 23.7 Å². The van der Waals surface area contributed by atoms with E-state index in [4.69, 9.17) is 17.3 Å². The zero-order chi connectivity index (χ0) is 13.3. The van der Waals surface area contributed by atoms with Crippen LogP contribution in [0.3, 0.4) is 0 Å². The Morgan fingerprint density at radius 2 is 2.28 bits per heavy atom. The van der Waals surface area contributed by atoms with Crippen LogP contribution >= 0.6 is 11.6 Å². The van der Waals surface area contributed by atoms with Gasteiger partial charge in [0.05, 0.1) is 10.6 Å². The summed E-state index contributed by atoms with van der Waals surface area (Å²) in [6.07, 6.45) is 0.892. The fourth-order valence-corrected chi connectivity index (χ4v) is 2.33. The van der Waals surface area contributed by atoms with Crippen LogP contribution in [0, 0.1) is 5.92 Å². The minimum absolute atomic E-state index is 0.00113. The van der Waals surface area contributed by atoms with Gasteiger partial charge in [-0.25, -0.2) is 0 Å². The van der Waals surface area contributed by atoms with E-state index in [-0.39, 0.29) is 17.7 Å². The van der Waals surface area contributed by atoms with Crippen molar-refractivity contribution in [2.75, 3.05) is 13.1 Å². The molecule has 1 heterocycles. The molecule has 1 aliphatic heterocycles. The second-order valence-electron chi connectivity index (χ2n) is 4.85. The highest BCUT2D eigenvalue weighted by atomic mass is 35.5. The first-order valence-electron chi connectivity index (χ1n) is 6.02. The molecule has 98 valence electrons. The van der Waals surface area contributed by atoms with Crippen molar-refractivity contribution in [3.05, 3.63) is 28.8 Å². The molecule has 2 atom stereocenters. The summed E-state index contributed by atoms with van der Waals surface area (Å²) < 4.78 is 0. The predicted molar refractivity (Wildman–Crippen MR) is 70.8 cm³/mol. The summed E-state index contributed by atoms with van der Waals surface area (Å²) >= 11 is 5.99. The molecule has 0 aromatic heterocycles. The fourth-order valence-electron chi connectivity index (χ4n) is 2.13. The Balaban J connectivity index is 2.19. The average molecular weight is 269 g/mol. The van der Waals surface area contributed by atoms with Crippen molar-refractivity contribution in [3.8, 4) is 5.75 Å². The summed E-state index contributed by atoms with van der Waals surface area (Å²) in [5.74, 6) is 0.296. The van der Waals surface area contributed by atoms with Crippen LogP contribution in [-0.2, 0) is 0 Å². The van der Waals surface area contributed by atoms with Gasteiger partial charge in [-0.15, -0.1) is 0 Å². The van der Waals surface area contributed by atoms with Gasteiger partial charge in [0, 0.05) is 19.1 Å². The molecule has 4 nitrogen and oxygen atoms in total. The predicted octanol–water partition coefficient (Wildman–Crippen LogP) is 1.85. The normalized spacial score (nSPS) is 24.1. The van der Waals surface area contributed by atoms with E-state index in [1.807, 2.05) is 0 Å². The molecular weight excluding hydrogens is 252 g/mol. The number of carbonyl (C=O) groups is 1. The number of halogens is 1. The molecule has 3 N–H and O–H groups in total. The number of piperidine rings is 1. The first kappa shape index (κ1) is 13.2. The number of hydrogen-bond acceptors (Lipinski definition) is 3. The number of benzene rings is 1. The smallest absolute Gasteiger partial charge is 0.255 e. The second-order valence-corrected chi connectivity index (χ2v) is 5.25. The highest BCUT2D eigenvalue weighted by molar-refractivity contribution is 6.33. The summed E-state index contributed by atoms with van der Waals surface area (Å²) in [6, 6.07) is 4.38. The Kier molecular flexibility index (Phi) is 3.78. The zero-order valence-corrected chi connectivity index (χ0v) is 11.0. The third-order valence-electron chi connectivity index (χ3n) is 3.48. The van der Waals surface area contributed by atoms with Gasteiger partial charge in [0.1, 0.15) is 5.75 Å². The van der Waals surface area contributed by atoms with Gasteiger partial charge in [0.15, 0.2) is 0 Å². The van der Waals surface area contributed by atoms with Crippen molar-refractivity contribution in [2.45, 2.75) is 19.4 Å². The van der Waals surface area contributed by atoms with E-state index in [0.29, 0.717) is 29.6 Å². The molecule has 1 aliphatic rings. The Morgan fingerprint density at radius 3 is 2.94 bits per heavy atom. The summed E-state index contributed by atoms with van der Waals surface area (Å²) in [7, 11) is 0. The Morgan fingerprint density at radius 1 is 1.56 bits per heavy atom. The first-order chi connectivity index (χ1) is 8.49. The molecule has 5 heteroatoms. The maximum atomic E-state index is 12.3. The number of carbonyl (C=O) groups excluding carboxylic acids is 1. The van der Waals surface area contributed by atoms with Crippen LogP contribution in [0.4, 0.5) is 0 Å². The van der Waals surface area contributed by atoms with Crippen LogP contribution < -0.4 is 5.73 Å². The quantitative estimate of drug-likeness (QED) is 0.817. The SMILES string of the molecule is CC1CCN(C(=O)c2cc(O)ccc2Cl)CC1N. The van der Waals surface area contributed by atoms with Crippen molar-refractivity contribution < 1.29 is 9.90 Å². The lowest BCUT2D eigenvalue weighted by Crippen LogP contribution is -2.49. The minimum atomic E-state index is -0.168. The molecule has 1 aromatic rings. The zero-order valence-electron chi connectivity index (χ0n) is 10.3. The highest BCUT2D eigenvalue weighted by Crippen LogP contribution is 2.24. The average Bonchev–Trinajstić information content (AvgIpc) is 2.35. The number of rotatable bonds is 1. The van der Waals surface area contributed by atoms with Crippen molar-refractivity contribution in [1.29, 1.82) is 0 Å². The largest absolute Gasteiger partial charge is 0.508 e. The van der Waals surface area contributed by atoms with E-state index < -0.39 is 0 Å². The van der Waals surface area contributed by atoms with Gasteiger partial charge in [0.25, 0.3) is 5.91 Å². The number of hydrogen-bond donors (Lipinski definition) is 2. The first-order valence-corrected chi connectivity index (χ1v) is 6.40. The van der Waals surface area contributed by atoms with Crippen LogP contribution in [0.15, 0.2) is 18.2 Å². The van der Waals surface area contributed by atoms with Crippen LogP contribution in [-0.4, -0.2) is 35.0 Å². The van der Waals surface area contributed by atoms with Crippen molar-refractivity contribution >= 4 is 17.5 Å². The molecule has 1 aromatic carbocycles. The molecule has 0 spiro atoms. The van der Waals surface area contributed by atoms with Gasteiger partial charge < -0.3 is 15.7 Å². The number of nitrogens with two attached hydrogens (primary N) is 1. The second kappa shape index (κ2) is 5.16. The molecule has 18 heavy (non-hydrogen) atoms. The number of nitrogens with zero attached hydrogens (tertiary/aromatic N) is 1. The topological polar surface area (TPSA) is 66.6 Å². The summed E-state index contributed by atoms with van der Waals surface area (Å²) in [4.78, 5) is 14.0. The standard InChI is InChI=1S/C13H17ClN2O2/c1-8-4-5-16(7-12(8)15)13(18)10-6-9(17)2-3-11(10)14/h2-3,6,8,12,17H,4-5,7,15H2,1H3. The third kappa shape index (κ3) is 2.60. The van der Waals surface area contributed by atoms with Gasteiger partial charge in [-0.05, 0) is 30.5 Å². The molecule has 1 fully saturated rings. The molecule has 2 unspecified atom stereocenters. The van der Waals surface area contributed by atoms with Gasteiger partial charge in [-0.3, -0.25) is 4.79 Å². The number of likely N-dealkylation sites (tertiary alicyclic amines) is 1. The highest BCUT2D eigenvalue weighted by Gasteiger charge is 2.27. The Hall–Kier alpha value is -1.26. The van der Waals surface area contributed by atoms with Crippen molar-refractivity contribution in [1.82, 2.24) is 4.90 Å². The maximum Gasteiger partial charge on any atom is 0.255 e. The molecule has 0 aliphatic carbocycles. The number of phenols is 1.